The summed E-state index contributed by atoms with van der Waals surface area (Å²) in [5.74, 6) is 1.08. The fourth-order valence-electron chi connectivity index (χ4n) is 1.04. The van der Waals surface area contributed by atoms with Crippen LogP contribution in [0.3, 0.4) is 0 Å². The topological polar surface area (TPSA) is 29.9 Å². The lowest BCUT2D eigenvalue weighted by atomic mass is 10.5. The van der Waals surface area contributed by atoms with Crippen molar-refractivity contribution >= 4 is 0 Å². The highest BCUT2D eigenvalue weighted by molar-refractivity contribution is 5.04. The van der Waals surface area contributed by atoms with E-state index in [9.17, 15) is 0 Å². The van der Waals surface area contributed by atoms with E-state index < -0.39 is 0 Å². The maximum absolute atomic E-state index is 4.21. The Morgan fingerprint density at radius 2 is 2.40 bits per heavy atom. The van der Waals surface area contributed by atoms with Gasteiger partial charge in [0, 0.05) is 13.5 Å². The number of hydrogen-bond donors (Lipinski definition) is 1. The number of imidazole rings is 1. The number of hydrogen-bond acceptors (Lipinski definition) is 2. The average molecular weight is 139 g/mol. The predicted octanol–water partition coefficient (Wildman–Crippen LogP) is 0.927. The highest BCUT2D eigenvalue weighted by Gasteiger charge is 2.00. The van der Waals surface area contributed by atoms with Crippen LogP contribution in [-0.2, 0) is 6.42 Å². The first-order valence-corrected chi connectivity index (χ1v) is 3.50. The summed E-state index contributed by atoms with van der Waals surface area (Å²) in [6, 6.07) is 0. The van der Waals surface area contributed by atoms with Gasteiger partial charge in [-0.15, -0.1) is 0 Å². The van der Waals surface area contributed by atoms with Crippen LogP contribution in [0.25, 0.3) is 0 Å². The van der Waals surface area contributed by atoms with E-state index in [1.54, 1.807) is 0 Å². The second-order valence-corrected chi connectivity index (χ2v) is 2.23. The summed E-state index contributed by atoms with van der Waals surface area (Å²) >= 11 is 0. The Kier molecular flexibility index (Phi) is 1.94. The lowest BCUT2D eigenvalue weighted by molar-refractivity contribution is 0.797. The monoisotopic (exact) mass is 139 g/mol. The van der Waals surface area contributed by atoms with Gasteiger partial charge in [0.2, 0.25) is 0 Å². The molecule has 56 valence electrons. The number of rotatable bonds is 2. The molecule has 0 aliphatic carbocycles. The summed E-state index contributed by atoms with van der Waals surface area (Å²) in [5.41, 5.74) is 4.20. The molecule has 0 fully saturated rings. The van der Waals surface area contributed by atoms with Crippen molar-refractivity contribution in [1.82, 2.24) is 9.66 Å². The summed E-state index contributed by atoms with van der Waals surface area (Å²) in [6.07, 6.45) is 2.84. The van der Waals surface area contributed by atoms with E-state index in [0.29, 0.717) is 0 Å². The number of aryl methyl sites for hydroxylation is 2. The second kappa shape index (κ2) is 2.73. The van der Waals surface area contributed by atoms with Gasteiger partial charge in [0.25, 0.3) is 0 Å². The van der Waals surface area contributed by atoms with Gasteiger partial charge in [-0.2, -0.15) is 0 Å². The van der Waals surface area contributed by atoms with Crippen LogP contribution in [0.5, 0.6) is 0 Å². The minimum absolute atomic E-state index is 0.967. The van der Waals surface area contributed by atoms with Crippen molar-refractivity contribution in [2.75, 3.05) is 12.5 Å². The molecule has 0 unspecified atom stereocenters. The van der Waals surface area contributed by atoms with Gasteiger partial charge in [-0.3, -0.25) is 0 Å². The molecule has 10 heavy (non-hydrogen) atoms. The molecule has 1 aromatic rings. The molecule has 0 saturated carbocycles. The smallest absolute Gasteiger partial charge is 0.127 e. The average Bonchev–Trinajstić information content (AvgIpc) is 2.30. The van der Waals surface area contributed by atoms with E-state index in [4.69, 9.17) is 0 Å². The van der Waals surface area contributed by atoms with Gasteiger partial charge in [-0.1, -0.05) is 6.92 Å². The molecule has 3 heteroatoms. The van der Waals surface area contributed by atoms with E-state index in [1.807, 2.05) is 24.8 Å². The quantitative estimate of drug-likeness (QED) is 0.660. The first-order valence-electron chi connectivity index (χ1n) is 3.50. The van der Waals surface area contributed by atoms with Crippen molar-refractivity contribution < 1.29 is 0 Å². The lowest BCUT2D eigenvalue weighted by Crippen LogP contribution is -2.13. The normalized spacial score (nSPS) is 9.90. The van der Waals surface area contributed by atoms with Crippen molar-refractivity contribution in [3.63, 3.8) is 0 Å². The third kappa shape index (κ3) is 0.988. The molecule has 1 aromatic heterocycles. The molecule has 0 radical (unpaired) electrons. The SMILES string of the molecule is CCc1ncc(C)n1NC. The summed E-state index contributed by atoms with van der Waals surface area (Å²) in [5, 5.41) is 0. The Morgan fingerprint density at radius 1 is 1.70 bits per heavy atom. The second-order valence-electron chi connectivity index (χ2n) is 2.23. The van der Waals surface area contributed by atoms with E-state index in [2.05, 4.69) is 17.3 Å². The predicted molar refractivity (Wildman–Crippen MR) is 41.6 cm³/mol. The van der Waals surface area contributed by atoms with Gasteiger partial charge >= 0.3 is 0 Å². The molecule has 1 heterocycles. The molecule has 0 saturated heterocycles. The van der Waals surface area contributed by atoms with Crippen LogP contribution in [0.2, 0.25) is 0 Å². The van der Waals surface area contributed by atoms with E-state index in [0.717, 1.165) is 17.9 Å². The number of nitrogens with one attached hydrogen (secondary N) is 1. The first-order chi connectivity index (χ1) is 4.79. The minimum Gasteiger partial charge on any atom is -0.328 e. The summed E-state index contributed by atoms with van der Waals surface area (Å²) in [4.78, 5) is 4.21. The summed E-state index contributed by atoms with van der Waals surface area (Å²) in [7, 11) is 1.90. The van der Waals surface area contributed by atoms with Gasteiger partial charge in [0.1, 0.15) is 5.82 Å². The highest BCUT2D eigenvalue weighted by Crippen LogP contribution is 2.00. The van der Waals surface area contributed by atoms with Crippen molar-refractivity contribution in [2.24, 2.45) is 0 Å². The van der Waals surface area contributed by atoms with Crippen molar-refractivity contribution in [3.8, 4) is 0 Å². The molecule has 0 amide bonds. The number of aromatic nitrogens is 2. The van der Waals surface area contributed by atoms with Crippen LogP contribution in [0.15, 0.2) is 6.20 Å². The summed E-state index contributed by atoms with van der Waals surface area (Å²) in [6.45, 7) is 4.12. The Labute approximate surface area is 61.0 Å². The van der Waals surface area contributed by atoms with Crippen LogP contribution < -0.4 is 5.43 Å². The fourth-order valence-corrected chi connectivity index (χ4v) is 1.04. The fraction of sp³-hybridized carbons (Fsp3) is 0.571. The molecule has 0 atom stereocenters. The van der Waals surface area contributed by atoms with E-state index in [1.165, 1.54) is 0 Å². The standard InChI is InChI=1S/C7H13N3/c1-4-7-9-5-6(2)10(7)8-3/h5,8H,4H2,1-3H3. The largest absolute Gasteiger partial charge is 0.328 e. The Hall–Kier alpha value is -0.990. The molecule has 1 N–H and O–H groups in total. The Balaban J connectivity index is 3.01. The zero-order chi connectivity index (χ0) is 7.56. The van der Waals surface area contributed by atoms with Crippen LogP contribution in [0.4, 0.5) is 0 Å². The molecule has 0 aliphatic rings. The van der Waals surface area contributed by atoms with Crippen LogP contribution in [0, 0.1) is 6.92 Å². The third-order valence-corrected chi connectivity index (χ3v) is 1.55. The van der Waals surface area contributed by atoms with Crippen molar-refractivity contribution in [3.05, 3.63) is 17.7 Å². The molecule has 0 bridgehead atoms. The third-order valence-electron chi connectivity index (χ3n) is 1.55. The lowest BCUT2D eigenvalue weighted by Gasteiger charge is -2.05. The van der Waals surface area contributed by atoms with Crippen molar-refractivity contribution in [2.45, 2.75) is 20.3 Å². The molecular weight excluding hydrogens is 126 g/mol. The Morgan fingerprint density at radius 3 is 2.80 bits per heavy atom. The van der Waals surface area contributed by atoms with Crippen LogP contribution in [0.1, 0.15) is 18.4 Å². The zero-order valence-corrected chi connectivity index (χ0v) is 6.68. The van der Waals surface area contributed by atoms with E-state index >= 15 is 0 Å². The first kappa shape index (κ1) is 7.12. The molecule has 1 rings (SSSR count). The van der Waals surface area contributed by atoms with Gasteiger partial charge in [-0.05, 0) is 6.92 Å². The maximum atomic E-state index is 4.21. The number of nitrogens with zero attached hydrogens (tertiary/aromatic N) is 2. The Bertz CT molecular complexity index is 215. The molecule has 0 spiro atoms. The van der Waals surface area contributed by atoms with E-state index in [-0.39, 0.29) is 0 Å². The molecular formula is C7H13N3. The molecule has 3 nitrogen and oxygen atoms in total. The van der Waals surface area contributed by atoms with Gasteiger partial charge < -0.3 is 5.43 Å². The van der Waals surface area contributed by atoms with Gasteiger partial charge in [0.15, 0.2) is 0 Å². The maximum Gasteiger partial charge on any atom is 0.127 e. The van der Waals surface area contributed by atoms with Crippen LogP contribution >= 0.6 is 0 Å². The van der Waals surface area contributed by atoms with Crippen molar-refractivity contribution in [1.29, 1.82) is 0 Å². The minimum atomic E-state index is 0.967. The summed E-state index contributed by atoms with van der Waals surface area (Å²) < 4.78 is 1.99. The molecule has 0 aliphatic heterocycles. The highest BCUT2D eigenvalue weighted by atomic mass is 15.4. The van der Waals surface area contributed by atoms with Crippen LogP contribution in [-0.4, -0.2) is 16.7 Å². The van der Waals surface area contributed by atoms with Gasteiger partial charge in [0.05, 0.1) is 11.9 Å². The molecule has 0 aromatic carbocycles. The zero-order valence-electron chi connectivity index (χ0n) is 6.68. The van der Waals surface area contributed by atoms with Gasteiger partial charge in [-0.25, -0.2) is 9.66 Å².